The zero-order valence-electron chi connectivity index (χ0n) is 8.81. The van der Waals surface area contributed by atoms with Crippen molar-refractivity contribution >= 4 is 17.4 Å². The molecule has 1 aromatic heterocycles. The van der Waals surface area contributed by atoms with E-state index in [2.05, 4.69) is 16.8 Å². The molecule has 1 unspecified atom stereocenters. The van der Waals surface area contributed by atoms with Crippen molar-refractivity contribution < 1.29 is 9.53 Å². The Balaban J connectivity index is 2.08. The summed E-state index contributed by atoms with van der Waals surface area (Å²) in [6, 6.07) is 2.32. The van der Waals surface area contributed by atoms with E-state index in [9.17, 15) is 4.79 Å². The van der Waals surface area contributed by atoms with Crippen LogP contribution in [0.25, 0.3) is 0 Å². The van der Waals surface area contributed by atoms with Gasteiger partial charge < -0.3 is 9.64 Å². The Kier molecular flexibility index (Phi) is 3.26. The molecule has 0 aromatic carbocycles. The second-order valence-electron chi connectivity index (χ2n) is 3.61. The molecular weight excluding hydrogens is 210 g/mol. The number of hydrogen-bond donors (Lipinski definition) is 0. The van der Waals surface area contributed by atoms with Crippen LogP contribution < -0.4 is 0 Å². The number of rotatable bonds is 2. The number of likely N-dealkylation sites (tertiary alicyclic amines) is 1. The lowest BCUT2D eigenvalue weighted by molar-refractivity contribution is 0.103. The number of thiophene rings is 1. The maximum atomic E-state index is 11.7. The lowest BCUT2D eigenvalue weighted by Crippen LogP contribution is -2.30. The van der Waals surface area contributed by atoms with Crippen LogP contribution in [-0.4, -0.2) is 24.1 Å². The molecule has 1 aliphatic rings. The minimum Gasteiger partial charge on any atom is -0.450 e. The van der Waals surface area contributed by atoms with E-state index >= 15 is 0 Å². The Labute approximate surface area is 93.7 Å². The summed E-state index contributed by atoms with van der Waals surface area (Å²) in [6.07, 6.45) is 1.95. The van der Waals surface area contributed by atoms with Crippen LogP contribution in [0.3, 0.4) is 0 Å². The number of amides is 1. The molecule has 15 heavy (non-hydrogen) atoms. The van der Waals surface area contributed by atoms with Crippen LogP contribution in [0.2, 0.25) is 0 Å². The van der Waals surface area contributed by atoms with E-state index in [0.717, 1.165) is 19.4 Å². The standard InChI is InChI=1S/C11H15NO2S/c1-2-14-11(13)12-6-3-4-10(12)9-5-7-15-8-9/h5,7-8,10H,2-4,6H2,1H3. The van der Waals surface area contributed by atoms with E-state index in [1.165, 1.54) is 5.56 Å². The Morgan fingerprint density at radius 2 is 2.60 bits per heavy atom. The molecule has 1 aliphatic heterocycles. The number of carbonyl (C=O) groups is 1. The van der Waals surface area contributed by atoms with Gasteiger partial charge in [-0.05, 0) is 42.2 Å². The fourth-order valence-corrected chi connectivity index (χ4v) is 2.71. The van der Waals surface area contributed by atoms with Gasteiger partial charge in [0, 0.05) is 6.54 Å². The molecule has 0 N–H and O–H groups in total. The van der Waals surface area contributed by atoms with Gasteiger partial charge in [0.25, 0.3) is 0 Å². The average molecular weight is 225 g/mol. The quantitative estimate of drug-likeness (QED) is 0.774. The highest BCUT2D eigenvalue weighted by Gasteiger charge is 2.30. The average Bonchev–Trinajstić information content (AvgIpc) is 2.88. The van der Waals surface area contributed by atoms with Crippen molar-refractivity contribution in [3.8, 4) is 0 Å². The summed E-state index contributed by atoms with van der Waals surface area (Å²) < 4.78 is 5.04. The summed E-state index contributed by atoms with van der Waals surface area (Å²) in [5, 5.41) is 4.17. The highest BCUT2D eigenvalue weighted by Crippen LogP contribution is 2.33. The first-order valence-corrected chi connectivity index (χ1v) is 6.22. The highest BCUT2D eigenvalue weighted by molar-refractivity contribution is 7.07. The number of hydrogen-bond acceptors (Lipinski definition) is 3. The first-order valence-electron chi connectivity index (χ1n) is 5.28. The Morgan fingerprint density at radius 3 is 3.27 bits per heavy atom. The zero-order valence-corrected chi connectivity index (χ0v) is 9.63. The van der Waals surface area contributed by atoms with Crippen LogP contribution >= 0.6 is 11.3 Å². The predicted molar refractivity (Wildman–Crippen MR) is 60.0 cm³/mol. The van der Waals surface area contributed by atoms with Crippen LogP contribution in [0.5, 0.6) is 0 Å². The molecular formula is C11H15NO2S. The summed E-state index contributed by atoms with van der Waals surface area (Å²) >= 11 is 1.67. The van der Waals surface area contributed by atoms with Gasteiger partial charge in [-0.2, -0.15) is 11.3 Å². The van der Waals surface area contributed by atoms with Crippen molar-refractivity contribution in [2.75, 3.05) is 13.2 Å². The normalized spacial score (nSPS) is 20.6. The third-order valence-electron chi connectivity index (χ3n) is 2.68. The predicted octanol–water partition coefficient (Wildman–Crippen LogP) is 3.04. The highest BCUT2D eigenvalue weighted by atomic mass is 32.1. The number of nitrogens with zero attached hydrogens (tertiary/aromatic N) is 1. The summed E-state index contributed by atoms with van der Waals surface area (Å²) in [7, 11) is 0. The number of carbonyl (C=O) groups excluding carboxylic acids is 1. The second kappa shape index (κ2) is 4.66. The summed E-state index contributed by atoms with van der Waals surface area (Å²) in [5.74, 6) is 0. The molecule has 1 amide bonds. The molecule has 0 spiro atoms. The van der Waals surface area contributed by atoms with Gasteiger partial charge in [0.15, 0.2) is 0 Å². The van der Waals surface area contributed by atoms with E-state index in [1.54, 1.807) is 11.3 Å². The second-order valence-corrected chi connectivity index (χ2v) is 4.39. The molecule has 3 nitrogen and oxygen atoms in total. The van der Waals surface area contributed by atoms with Gasteiger partial charge in [0.05, 0.1) is 12.6 Å². The van der Waals surface area contributed by atoms with Crippen molar-refractivity contribution in [3.05, 3.63) is 22.4 Å². The van der Waals surface area contributed by atoms with Gasteiger partial charge in [-0.1, -0.05) is 0 Å². The minimum atomic E-state index is -0.175. The van der Waals surface area contributed by atoms with Crippen LogP contribution in [-0.2, 0) is 4.74 Å². The molecule has 2 heterocycles. The molecule has 0 bridgehead atoms. The monoisotopic (exact) mass is 225 g/mol. The molecule has 1 atom stereocenters. The van der Waals surface area contributed by atoms with Gasteiger partial charge in [-0.15, -0.1) is 0 Å². The largest absolute Gasteiger partial charge is 0.450 e. The van der Waals surface area contributed by atoms with E-state index in [0.29, 0.717) is 6.61 Å². The van der Waals surface area contributed by atoms with Crippen molar-refractivity contribution in [2.24, 2.45) is 0 Å². The molecule has 0 radical (unpaired) electrons. The topological polar surface area (TPSA) is 29.5 Å². The lowest BCUT2D eigenvalue weighted by atomic mass is 10.1. The van der Waals surface area contributed by atoms with Crippen molar-refractivity contribution in [3.63, 3.8) is 0 Å². The van der Waals surface area contributed by atoms with Gasteiger partial charge in [0.2, 0.25) is 0 Å². The van der Waals surface area contributed by atoms with E-state index in [4.69, 9.17) is 4.74 Å². The Morgan fingerprint density at radius 1 is 1.73 bits per heavy atom. The van der Waals surface area contributed by atoms with Gasteiger partial charge in [0.1, 0.15) is 0 Å². The molecule has 1 saturated heterocycles. The van der Waals surface area contributed by atoms with E-state index in [-0.39, 0.29) is 12.1 Å². The first-order chi connectivity index (χ1) is 7.33. The van der Waals surface area contributed by atoms with Crippen molar-refractivity contribution in [1.29, 1.82) is 0 Å². The van der Waals surface area contributed by atoms with Crippen LogP contribution in [0.1, 0.15) is 31.4 Å². The Hall–Kier alpha value is -1.03. The fraction of sp³-hybridized carbons (Fsp3) is 0.545. The van der Waals surface area contributed by atoms with Gasteiger partial charge in [-0.3, -0.25) is 0 Å². The van der Waals surface area contributed by atoms with Crippen LogP contribution in [0, 0.1) is 0 Å². The van der Waals surface area contributed by atoms with E-state index < -0.39 is 0 Å². The Bertz CT molecular complexity index is 323. The van der Waals surface area contributed by atoms with Crippen LogP contribution in [0.4, 0.5) is 4.79 Å². The molecule has 2 rings (SSSR count). The number of ether oxygens (including phenoxy) is 1. The van der Waals surface area contributed by atoms with Gasteiger partial charge >= 0.3 is 6.09 Å². The van der Waals surface area contributed by atoms with Gasteiger partial charge in [-0.25, -0.2) is 4.79 Å². The van der Waals surface area contributed by atoms with Crippen molar-refractivity contribution in [2.45, 2.75) is 25.8 Å². The summed E-state index contributed by atoms with van der Waals surface area (Å²) in [5.41, 5.74) is 1.24. The summed E-state index contributed by atoms with van der Waals surface area (Å²) in [6.45, 7) is 3.11. The molecule has 82 valence electrons. The molecule has 1 aromatic rings. The third kappa shape index (κ3) is 2.15. The maximum Gasteiger partial charge on any atom is 0.410 e. The van der Waals surface area contributed by atoms with E-state index in [1.807, 2.05) is 11.8 Å². The fourth-order valence-electron chi connectivity index (χ4n) is 2.00. The maximum absolute atomic E-state index is 11.7. The SMILES string of the molecule is CCOC(=O)N1CCCC1c1ccsc1. The lowest BCUT2D eigenvalue weighted by Gasteiger charge is -2.23. The zero-order chi connectivity index (χ0) is 10.7. The third-order valence-corrected chi connectivity index (χ3v) is 3.38. The molecule has 4 heteroatoms. The molecule has 0 saturated carbocycles. The smallest absolute Gasteiger partial charge is 0.410 e. The van der Waals surface area contributed by atoms with Crippen LogP contribution in [0.15, 0.2) is 16.8 Å². The summed E-state index contributed by atoms with van der Waals surface area (Å²) in [4.78, 5) is 13.5. The molecule has 1 fully saturated rings. The minimum absolute atomic E-state index is 0.175. The molecule has 0 aliphatic carbocycles. The van der Waals surface area contributed by atoms with Crippen molar-refractivity contribution in [1.82, 2.24) is 4.90 Å². The first kappa shape index (κ1) is 10.5.